The molecular formula is C16H18N2O. The first-order valence-electron chi connectivity index (χ1n) is 6.47. The van der Waals surface area contributed by atoms with Crippen LogP contribution in [0.3, 0.4) is 0 Å². The first-order valence-corrected chi connectivity index (χ1v) is 6.47. The summed E-state index contributed by atoms with van der Waals surface area (Å²) in [6.07, 6.45) is 4.21. The quantitative estimate of drug-likeness (QED) is 0.829. The Balaban J connectivity index is 2.01. The molecule has 0 bridgehead atoms. The number of hydrogen-bond donors (Lipinski definition) is 1. The number of anilines is 1. The fourth-order valence-electron chi connectivity index (χ4n) is 1.86. The van der Waals surface area contributed by atoms with Crippen molar-refractivity contribution in [1.29, 1.82) is 0 Å². The average Bonchev–Trinajstić information content (AvgIpc) is 2.46. The number of hydrogen-bond acceptors (Lipinski definition) is 3. The zero-order chi connectivity index (χ0) is 13.7. The predicted molar refractivity (Wildman–Crippen MR) is 77.4 cm³/mol. The van der Waals surface area contributed by atoms with Gasteiger partial charge in [0.2, 0.25) is 0 Å². The normalized spacial score (nSPS) is 10.2. The minimum atomic E-state index is 0.176. The van der Waals surface area contributed by atoms with Crippen LogP contribution in [-0.4, -0.2) is 10.8 Å². The zero-order valence-electron chi connectivity index (χ0n) is 11.3. The number of Topliss-reactive ketones (excluding diaryl/α,β-unsaturated/α-hetero) is 1. The van der Waals surface area contributed by atoms with Crippen LogP contribution in [-0.2, 0) is 6.54 Å². The first-order chi connectivity index (χ1) is 9.20. The second-order valence-electron chi connectivity index (χ2n) is 4.51. The molecule has 1 aromatic carbocycles. The number of carbonyl (C=O) groups excluding carboxylic acids is 1. The van der Waals surface area contributed by atoms with Crippen molar-refractivity contribution in [3.8, 4) is 0 Å². The lowest BCUT2D eigenvalue weighted by molar-refractivity contribution is 0.0988. The molecule has 1 aromatic heterocycles. The molecule has 2 aromatic rings. The van der Waals surface area contributed by atoms with Gasteiger partial charge in [-0.3, -0.25) is 9.78 Å². The monoisotopic (exact) mass is 254 g/mol. The smallest absolute Gasteiger partial charge is 0.162 e. The van der Waals surface area contributed by atoms with Gasteiger partial charge in [0.25, 0.3) is 0 Å². The maximum Gasteiger partial charge on any atom is 0.162 e. The van der Waals surface area contributed by atoms with Crippen LogP contribution in [0.25, 0.3) is 0 Å². The summed E-state index contributed by atoms with van der Waals surface area (Å²) in [5.74, 6) is 0.176. The van der Waals surface area contributed by atoms with Crippen molar-refractivity contribution in [2.45, 2.75) is 26.8 Å². The number of aromatic nitrogens is 1. The Morgan fingerprint density at radius 2 is 1.95 bits per heavy atom. The molecule has 98 valence electrons. The van der Waals surface area contributed by atoms with Gasteiger partial charge in [0.1, 0.15) is 0 Å². The summed E-state index contributed by atoms with van der Waals surface area (Å²) in [7, 11) is 0. The molecule has 0 aliphatic carbocycles. The van der Waals surface area contributed by atoms with Gasteiger partial charge in [0.15, 0.2) is 5.78 Å². The Bertz CT molecular complexity index is 561. The number of pyridine rings is 1. The molecule has 0 saturated heterocycles. The van der Waals surface area contributed by atoms with Crippen LogP contribution >= 0.6 is 0 Å². The lowest BCUT2D eigenvalue weighted by Gasteiger charge is -2.09. The second-order valence-corrected chi connectivity index (χ2v) is 4.51. The minimum absolute atomic E-state index is 0.176. The predicted octanol–water partition coefficient (Wildman–Crippen LogP) is 3.59. The molecule has 19 heavy (non-hydrogen) atoms. The molecule has 0 fully saturated rings. The van der Waals surface area contributed by atoms with Crippen LogP contribution in [0.2, 0.25) is 0 Å². The molecule has 2 rings (SSSR count). The second kappa shape index (κ2) is 6.14. The van der Waals surface area contributed by atoms with E-state index in [1.807, 2.05) is 43.5 Å². The summed E-state index contributed by atoms with van der Waals surface area (Å²) in [6.45, 7) is 4.68. The standard InChI is InChI=1S/C16H18N2O/c1-3-16(19)13-4-6-15(7-5-13)18-11-14-10-17-9-8-12(14)2/h4-10,18H,3,11H2,1-2H3. The van der Waals surface area contributed by atoms with E-state index < -0.39 is 0 Å². The summed E-state index contributed by atoms with van der Waals surface area (Å²) in [6, 6.07) is 9.61. The highest BCUT2D eigenvalue weighted by Crippen LogP contribution is 2.13. The summed E-state index contributed by atoms with van der Waals surface area (Å²) in [5.41, 5.74) is 4.18. The van der Waals surface area contributed by atoms with Crippen molar-refractivity contribution in [3.05, 3.63) is 59.4 Å². The highest BCUT2D eigenvalue weighted by atomic mass is 16.1. The molecule has 1 N–H and O–H groups in total. The molecule has 3 nitrogen and oxygen atoms in total. The van der Waals surface area contributed by atoms with Gasteiger partial charge in [-0.15, -0.1) is 0 Å². The van der Waals surface area contributed by atoms with Gasteiger partial charge in [0.05, 0.1) is 0 Å². The summed E-state index contributed by atoms with van der Waals surface area (Å²) in [5, 5.41) is 3.33. The van der Waals surface area contributed by atoms with Gasteiger partial charge in [-0.1, -0.05) is 6.92 Å². The van der Waals surface area contributed by atoms with Crippen LogP contribution in [0, 0.1) is 6.92 Å². The van der Waals surface area contributed by atoms with Crippen molar-refractivity contribution in [1.82, 2.24) is 4.98 Å². The molecule has 0 amide bonds. The van der Waals surface area contributed by atoms with Gasteiger partial charge >= 0.3 is 0 Å². The number of rotatable bonds is 5. The lowest BCUT2D eigenvalue weighted by atomic mass is 10.1. The van der Waals surface area contributed by atoms with Crippen LogP contribution in [0.4, 0.5) is 5.69 Å². The van der Waals surface area contributed by atoms with E-state index in [1.54, 1.807) is 6.20 Å². The highest BCUT2D eigenvalue weighted by Gasteiger charge is 2.02. The number of benzene rings is 1. The fraction of sp³-hybridized carbons (Fsp3) is 0.250. The van der Waals surface area contributed by atoms with E-state index in [0.29, 0.717) is 6.42 Å². The summed E-state index contributed by atoms with van der Waals surface area (Å²) < 4.78 is 0. The topological polar surface area (TPSA) is 42.0 Å². The van der Waals surface area contributed by atoms with Crippen molar-refractivity contribution >= 4 is 11.5 Å². The van der Waals surface area contributed by atoms with Crippen LogP contribution in [0.5, 0.6) is 0 Å². The van der Waals surface area contributed by atoms with Crippen molar-refractivity contribution in [3.63, 3.8) is 0 Å². The Morgan fingerprint density at radius 1 is 1.21 bits per heavy atom. The first kappa shape index (κ1) is 13.3. The SMILES string of the molecule is CCC(=O)c1ccc(NCc2cnccc2C)cc1. The van der Waals surface area contributed by atoms with Crippen molar-refractivity contribution in [2.75, 3.05) is 5.32 Å². The number of nitrogens with zero attached hydrogens (tertiary/aromatic N) is 1. The van der Waals surface area contributed by atoms with E-state index in [2.05, 4.69) is 17.2 Å². The van der Waals surface area contributed by atoms with Gasteiger partial charge in [-0.05, 0) is 48.4 Å². The Morgan fingerprint density at radius 3 is 2.58 bits per heavy atom. The molecule has 1 heterocycles. The van der Waals surface area contributed by atoms with E-state index in [9.17, 15) is 4.79 Å². The average molecular weight is 254 g/mol. The molecule has 0 saturated carbocycles. The van der Waals surface area contributed by atoms with E-state index in [4.69, 9.17) is 0 Å². The molecule has 0 spiro atoms. The number of carbonyl (C=O) groups is 1. The fourth-order valence-corrected chi connectivity index (χ4v) is 1.86. The Labute approximate surface area is 113 Å². The maximum absolute atomic E-state index is 11.5. The third kappa shape index (κ3) is 3.41. The molecule has 0 aliphatic heterocycles. The summed E-state index contributed by atoms with van der Waals surface area (Å²) >= 11 is 0. The molecule has 0 aliphatic rings. The minimum Gasteiger partial charge on any atom is -0.381 e. The van der Waals surface area contributed by atoms with Crippen molar-refractivity contribution in [2.24, 2.45) is 0 Å². The van der Waals surface area contributed by atoms with Crippen molar-refractivity contribution < 1.29 is 4.79 Å². The molecule has 3 heteroatoms. The number of aryl methyl sites for hydroxylation is 1. The molecule has 0 unspecified atom stereocenters. The van der Waals surface area contributed by atoms with Gasteiger partial charge in [0, 0.05) is 36.6 Å². The van der Waals surface area contributed by atoms with Crippen LogP contribution in [0.1, 0.15) is 34.8 Å². The molecular weight excluding hydrogens is 236 g/mol. The summed E-state index contributed by atoms with van der Waals surface area (Å²) in [4.78, 5) is 15.6. The Hall–Kier alpha value is -2.16. The van der Waals surface area contributed by atoms with E-state index in [1.165, 1.54) is 11.1 Å². The number of ketones is 1. The van der Waals surface area contributed by atoms with E-state index in [0.717, 1.165) is 17.8 Å². The highest BCUT2D eigenvalue weighted by molar-refractivity contribution is 5.96. The lowest BCUT2D eigenvalue weighted by Crippen LogP contribution is -2.02. The van der Waals surface area contributed by atoms with Gasteiger partial charge in [-0.2, -0.15) is 0 Å². The molecule has 0 atom stereocenters. The zero-order valence-corrected chi connectivity index (χ0v) is 11.3. The van der Waals surface area contributed by atoms with Crippen LogP contribution in [0.15, 0.2) is 42.7 Å². The van der Waals surface area contributed by atoms with Crippen LogP contribution < -0.4 is 5.32 Å². The molecule has 0 radical (unpaired) electrons. The third-order valence-corrected chi connectivity index (χ3v) is 3.16. The largest absolute Gasteiger partial charge is 0.381 e. The van der Waals surface area contributed by atoms with E-state index in [-0.39, 0.29) is 5.78 Å². The third-order valence-electron chi connectivity index (χ3n) is 3.16. The Kier molecular flexibility index (Phi) is 4.29. The maximum atomic E-state index is 11.5. The van der Waals surface area contributed by atoms with Gasteiger partial charge in [-0.25, -0.2) is 0 Å². The number of nitrogens with one attached hydrogen (secondary N) is 1. The van der Waals surface area contributed by atoms with E-state index >= 15 is 0 Å². The van der Waals surface area contributed by atoms with Gasteiger partial charge < -0.3 is 5.32 Å².